The van der Waals surface area contributed by atoms with Gasteiger partial charge in [-0.1, -0.05) is 6.42 Å². The molecule has 2 rings (SSSR count). The SMILES string of the molecule is CCOC(=O)C1=CC2(CCCCC2)OC1=O. The van der Waals surface area contributed by atoms with E-state index in [4.69, 9.17) is 9.47 Å². The molecule has 1 fully saturated rings. The van der Waals surface area contributed by atoms with Gasteiger partial charge in [-0.2, -0.15) is 0 Å². The van der Waals surface area contributed by atoms with E-state index >= 15 is 0 Å². The molecular formula is C12H16O4. The number of ether oxygens (including phenoxy) is 2. The minimum atomic E-state index is -0.560. The number of rotatable bonds is 2. The van der Waals surface area contributed by atoms with E-state index < -0.39 is 17.5 Å². The van der Waals surface area contributed by atoms with Crippen molar-refractivity contribution in [3.63, 3.8) is 0 Å². The smallest absolute Gasteiger partial charge is 0.346 e. The maximum Gasteiger partial charge on any atom is 0.346 e. The fourth-order valence-electron chi connectivity index (χ4n) is 2.34. The molecule has 88 valence electrons. The van der Waals surface area contributed by atoms with Crippen molar-refractivity contribution in [2.75, 3.05) is 6.61 Å². The van der Waals surface area contributed by atoms with E-state index in [1.165, 1.54) is 6.42 Å². The van der Waals surface area contributed by atoms with Crippen LogP contribution in [0.25, 0.3) is 0 Å². The zero-order valence-electron chi connectivity index (χ0n) is 9.45. The lowest BCUT2D eigenvalue weighted by atomic mass is 9.84. The highest BCUT2D eigenvalue weighted by Gasteiger charge is 2.43. The van der Waals surface area contributed by atoms with Crippen LogP contribution in [0.1, 0.15) is 39.0 Å². The Morgan fingerprint density at radius 1 is 1.44 bits per heavy atom. The zero-order valence-corrected chi connectivity index (χ0v) is 9.45. The largest absolute Gasteiger partial charge is 0.462 e. The fraction of sp³-hybridized carbons (Fsp3) is 0.667. The summed E-state index contributed by atoms with van der Waals surface area (Å²) >= 11 is 0. The number of hydrogen-bond donors (Lipinski definition) is 0. The molecule has 1 saturated carbocycles. The first-order chi connectivity index (χ1) is 7.67. The third-order valence-corrected chi connectivity index (χ3v) is 3.12. The molecule has 0 bridgehead atoms. The first-order valence-electron chi connectivity index (χ1n) is 5.80. The Kier molecular flexibility index (Phi) is 2.99. The summed E-state index contributed by atoms with van der Waals surface area (Å²) < 4.78 is 10.2. The van der Waals surface area contributed by atoms with Crippen molar-refractivity contribution >= 4 is 11.9 Å². The second kappa shape index (κ2) is 4.28. The van der Waals surface area contributed by atoms with Gasteiger partial charge in [-0.3, -0.25) is 0 Å². The lowest BCUT2D eigenvalue weighted by molar-refractivity contribution is -0.151. The van der Waals surface area contributed by atoms with Crippen molar-refractivity contribution in [3.05, 3.63) is 11.6 Å². The highest BCUT2D eigenvalue weighted by Crippen LogP contribution is 2.38. The summed E-state index contributed by atoms with van der Waals surface area (Å²) in [6.07, 6.45) is 6.57. The van der Waals surface area contributed by atoms with Gasteiger partial charge in [0, 0.05) is 0 Å². The summed E-state index contributed by atoms with van der Waals surface area (Å²) in [4.78, 5) is 23.1. The second-order valence-electron chi connectivity index (χ2n) is 4.29. The quantitative estimate of drug-likeness (QED) is 0.529. The molecule has 0 aromatic carbocycles. The second-order valence-corrected chi connectivity index (χ2v) is 4.29. The topological polar surface area (TPSA) is 52.6 Å². The lowest BCUT2D eigenvalue weighted by Crippen LogP contribution is -2.30. The highest BCUT2D eigenvalue weighted by atomic mass is 16.6. The molecule has 2 aliphatic rings. The Balaban J connectivity index is 2.15. The third-order valence-electron chi connectivity index (χ3n) is 3.12. The van der Waals surface area contributed by atoms with Crippen molar-refractivity contribution in [3.8, 4) is 0 Å². The average Bonchev–Trinajstić information content (AvgIpc) is 2.57. The Bertz CT molecular complexity index is 337. The van der Waals surface area contributed by atoms with Gasteiger partial charge in [0.15, 0.2) is 0 Å². The van der Waals surface area contributed by atoms with Gasteiger partial charge < -0.3 is 9.47 Å². The molecule has 1 aliphatic carbocycles. The third kappa shape index (κ3) is 1.96. The molecule has 0 unspecified atom stereocenters. The summed E-state index contributed by atoms with van der Waals surface area (Å²) in [6.45, 7) is 1.99. The molecule has 0 aromatic heterocycles. The van der Waals surface area contributed by atoms with E-state index in [2.05, 4.69) is 0 Å². The minimum Gasteiger partial charge on any atom is -0.462 e. The first-order valence-corrected chi connectivity index (χ1v) is 5.80. The summed E-state index contributed by atoms with van der Waals surface area (Å²) in [5, 5.41) is 0. The highest BCUT2D eigenvalue weighted by molar-refractivity contribution is 6.15. The maximum atomic E-state index is 11.6. The van der Waals surface area contributed by atoms with Gasteiger partial charge in [0.2, 0.25) is 0 Å². The molecule has 4 heteroatoms. The first kappa shape index (κ1) is 11.2. The molecule has 1 aliphatic heterocycles. The summed E-state index contributed by atoms with van der Waals surface area (Å²) in [5.41, 5.74) is -0.444. The molecule has 4 nitrogen and oxygen atoms in total. The molecule has 1 spiro atoms. The Labute approximate surface area is 94.6 Å². The van der Waals surface area contributed by atoms with E-state index in [1.54, 1.807) is 13.0 Å². The Morgan fingerprint density at radius 2 is 2.12 bits per heavy atom. The standard InChI is InChI=1S/C12H16O4/c1-2-15-10(13)9-8-12(16-11(9)14)6-4-3-5-7-12/h8H,2-7H2,1H3. The summed E-state index contributed by atoms with van der Waals surface area (Å²) in [7, 11) is 0. The number of carbonyl (C=O) groups is 2. The van der Waals surface area contributed by atoms with Gasteiger partial charge in [0.1, 0.15) is 11.2 Å². The van der Waals surface area contributed by atoms with Gasteiger partial charge in [-0.15, -0.1) is 0 Å². The molecule has 0 radical (unpaired) electrons. The molecule has 1 heterocycles. The van der Waals surface area contributed by atoms with E-state index in [0.29, 0.717) is 0 Å². The number of hydrogen-bond acceptors (Lipinski definition) is 4. The molecule has 16 heavy (non-hydrogen) atoms. The number of esters is 2. The van der Waals surface area contributed by atoms with Gasteiger partial charge in [0.05, 0.1) is 6.61 Å². The van der Waals surface area contributed by atoms with Crippen molar-refractivity contribution in [2.24, 2.45) is 0 Å². The average molecular weight is 224 g/mol. The van der Waals surface area contributed by atoms with Crippen LogP contribution in [-0.4, -0.2) is 24.1 Å². The van der Waals surface area contributed by atoms with E-state index in [0.717, 1.165) is 25.7 Å². The Hall–Kier alpha value is -1.32. The summed E-state index contributed by atoms with van der Waals surface area (Å²) in [5.74, 6) is -1.09. The van der Waals surface area contributed by atoms with E-state index in [9.17, 15) is 9.59 Å². The van der Waals surface area contributed by atoms with Crippen molar-refractivity contribution in [1.29, 1.82) is 0 Å². The van der Waals surface area contributed by atoms with Crippen LogP contribution in [-0.2, 0) is 19.1 Å². The van der Waals surface area contributed by atoms with E-state index in [-0.39, 0.29) is 12.2 Å². The normalized spacial score (nSPS) is 22.8. The lowest BCUT2D eigenvalue weighted by Gasteiger charge is -2.30. The fourth-order valence-corrected chi connectivity index (χ4v) is 2.34. The van der Waals surface area contributed by atoms with Crippen LogP contribution in [0, 0.1) is 0 Å². The van der Waals surface area contributed by atoms with Crippen LogP contribution in [0.2, 0.25) is 0 Å². The molecule has 0 atom stereocenters. The van der Waals surface area contributed by atoms with Crippen LogP contribution in [0.15, 0.2) is 11.6 Å². The van der Waals surface area contributed by atoms with Crippen LogP contribution < -0.4 is 0 Å². The molecule has 0 amide bonds. The molecule has 0 aromatic rings. The monoisotopic (exact) mass is 224 g/mol. The molecular weight excluding hydrogens is 208 g/mol. The van der Waals surface area contributed by atoms with Gasteiger partial charge >= 0.3 is 11.9 Å². The Morgan fingerprint density at radius 3 is 2.75 bits per heavy atom. The minimum absolute atomic E-state index is 0.0729. The number of carbonyl (C=O) groups excluding carboxylic acids is 2. The van der Waals surface area contributed by atoms with Crippen LogP contribution >= 0.6 is 0 Å². The maximum absolute atomic E-state index is 11.6. The van der Waals surface area contributed by atoms with Crippen LogP contribution in [0.5, 0.6) is 0 Å². The zero-order chi connectivity index (χ0) is 11.6. The van der Waals surface area contributed by atoms with Gasteiger partial charge in [0.25, 0.3) is 0 Å². The van der Waals surface area contributed by atoms with Crippen LogP contribution in [0.3, 0.4) is 0 Å². The van der Waals surface area contributed by atoms with E-state index in [1.807, 2.05) is 0 Å². The van der Waals surface area contributed by atoms with Crippen molar-refractivity contribution in [1.82, 2.24) is 0 Å². The van der Waals surface area contributed by atoms with Crippen molar-refractivity contribution in [2.45, 2.75) is 44.6 Å². The predicted molar refractivity (Wildman–Crippen MR) is 56.6 cm³/mol. The van der Waals surface area contributed by atoms with Crippen molar-refractivity contribution < 1.29 is 19.1 Å². The molecule has 0 N–H and O–H groups in total. The van der Waals surface area contributed by atoms with Crippen LogP contribution in [0.4, 0.5) is 0 Å². The van der Waals surface area contributed by atoms with Gasteiger partial charge in [-0.05, 0) is 38.7 Å². The van der Waals surface area contributed by atoms with Gasteiger partial charge in [-0.25, -0.2) is 9.59 Å². The summed E-state index contributed by atoms with van der Waals surface area (Å²) in [6, 6.07) is 0. The molecule has 0 saturated heterocycles. The predicted octanol–water partition coefficient (Wildman–Crippen LogP) is 1.74.